The highest BCUT2D eigenvalue weighted by atomic mass is 32.2. The molecule has 0 radical (unpaired) electrons. The van der Waals surface area contributed by atoms with Crippen LogP contribution in [0.3, 0.4) is 0 Å². The van der Waals surface area contributed by atoms with E-state index in [4.69, 9.17) is 4.74 Å². The normalized spacial score (nSPS) is 12.0. The Morgan fingerprint density at radius 2 is 2.00 bits per heavy atom. The Labute approximate surface area is 123 Å². The van der Waals surface area contributed by atoms with Gasteiger partial charge in [-0.2, -0.15) is 21.6 Å². The number of carbonyl (C=O) groups excluding carboxylic acids is 1. The number of carbonyl (C=O) groups is 1. The molecule has 124 valence electrons. The number of pyridine rings is 1. The first-order chi connectivity index (χ1) is 10.1. The summed E-state index contributed by atoms with van der Waals surface area (Å²) in [5.41, 5.74) is -6.49. The largest absolute Gasteiger partial charge is 0.534 e. The van der Waals surface area contributed by atoms with Crippen LogP contribution in [0, 0.1) is 0 Å². The fourth-order valence-electron chi connectivity index (χ4n) is 1.24. The summed E-state index contributed by atoms with van der Waals surface area (Å²) in [6.07, 6.45) is 1.65. The molecule has 0 atom stereocenters. The molecule has 0 fully saturated rings. The summed E-state index contributed by atoms with van der Waals surface area (Å²) in [5, 5.41) is 0. The van der Waals surface area contributed by atoms with Crippen molar-refractivity contribution in [2.75, 3.05) is 0 Å². The van der Waals surface area contributed by atoms with Crippen molar-refractivity contribution < 1.29 is 35.3 Å². The fraction of sp³-hybridized carbons (Fsp3) is 0.455. The van der Waals surface area contributed by atoms with E-state index in [1.165, 1.54) is 0 Å². The van der Waals surface area contributed by atoms with Gasteiger partial charge in [0.05, 0.1) is 0 Å². The fourth-order valence-corrected chi connectivity index (χ4v) is 1.69. The van der Waals surface area contributed by atoms with Crippen molar-refractivity contribution in [3.63, 3.8) is 0 Å². The number of alkyl halides is 3. The van der Waals surface area contributed by atoms with Crippen LogP contribution in [0.2, 0.25) is 0 Å². The van der Waals surface area contributed by atoms with E-state index in [9.17, 15) is 31.2 Å². The predicted molar refractivity (Wildman–Crippen MR) is 67.3 cm³/mol. The van der Waals surface area contributed by atoms with Gasteiger partial charge in [0.25, 0.3) is 5.56 Å². The Kier molecular flexibility index (Phi) is 5.58. The summed E-state index contributed by atoms with van der Waals surface area (Å²) in [6.45, 7) is 1.31. The number of rotatable bonds is 6. The molecule has 11 heteroatoms. The average molecular weight is 343 g/mol. The molecule has 7 nitrogen and oxygen atoms in total. The summed E-state index contributed by atoms with van der Waals surface area (Å²) < 4.78 is 67.3. The molecular weight excluding hydrogens is 331 g/mol. The maximum atomic E-state index is 12.1. The van der Waals surface area contributed by atoms with E-state index in [2.05, 4.69) is 4.18 Å². The Hall–Kier alpha value is -2.04. The summed E-state index contributed by atoms with van der Waals surface area (Å²) in [4.78, 5) is 22.7. The van der Waals surface area contributed by atoms with E-state index in [0.29, 0.717) is 12.5 Å². The maximum absolute atomic E-state index is 12.1. The molecule has 0 saturated carbocycles. The standard InChI is InChI=1S/C11H12F3NO6S/c1-2-3-10(17)20-7-15-5-4-8(6-9(15)16)21-22(18,19)11(12,13)14/h4-6H,2-3,7H2,1H3. The molecule has 1 heterocycles. The Bertz CT molecular complexity index is 695. The maximum Gasteiger partial charge on any atom is 0.534 e. The molecule has 22 heavy (non-hydrogen) atoms. The molecule has 1 rings (SSSR count). The van der Waals surface area contributed by atoms with Crippen LogP contribution in [0.4, 0.5) is 13.2 Å². The zero-order valence-electron chi connectivity index (χ0n) is 11.3. The Morgan fingerprint density at radius 3 is 2.50 bits per heavy atom. The zero-order chi connectivity index (χ0) is 17.0. The van der Waals surface area contributed by atoms with Crippen molar-refractivity contribution >= 4 is 16.1 Å². The lowest BCUT2D eigenvalue weighted by Crippen LogP contribution is -2.29. The van der Waals surface area contributed by atoms with E-state index in [-0.39, 0.29) is 6.42 Å². The van der Waals surface area contributed by atoms with Gasteiger partial charge in [-0.25, -0.2) is 0 Å². The van der Waals surface area contributed by atoms with E-state index in [0.717, 1.165) is 16.8 Å². The van der Waals surface area contributed by atoms with Crippen LogP contribution in [0.25, 0.3) is 0 Å². The minimum atomic E-state index is -5.85. The summed E-state index contributed by atoms with van der Waals surface area (Å²) in [6, 6.07) is 1.37. The summed E-state index contributed by atoms with van der Waals surface area (Å²) in [5.74, 6) is -1.34. The molecule has 0 N–H and O–H groups in total. The van der Waals surface area contributed by atoms with Gasteiger partial charge in [-0.05, 0) is 12.5 Å². The van der Waals surface area contributed by atoms with Crippen LogP contribution < -0.4 is 9.74 Å². The lowest BCUT2D eigenvalue weighted by Gasteiger charge is -2.10. The Morgan fingerprint density at radius 1 is 1.36 bits per heavy atom. The Balaban J connectivity index is 2.83. The number of nitrogens with zero attached hydrogens (tertiary/aromatic N) is 1. The molecule has 0 amide bonds. The highest BCUT2D eigenvalue weighted by Gasteiger charge is 2.48. The van der Waals surface area contributed by atoms with Gasteiger partial charge in [0, 0.05) is 18.7 Å². The second-order valence-electron chi connectivity index (χ2n) is 4.05. The lowest BCUT2D eigenvalue weighted by molar-refractivity contribution is -0.147. The van der Waals surface area contributed by atoms with Gasteiger partial charge in [0.15, 0.2) is 6.73 Å². The van der Waals surface area contributed by atoms with Crippen molar-refractivity contribution in [3.05, 3.63) is 28.7 Å². The first-order valence-electron chi connectivity index (χ1n) is 5.93. The van der Waals surface area contributed by atoms with Crippen LogP contribution in [0.5, 0.6) is 5.75 Å². The van der Waals surface area contributed by atoms with Crippen LogP contribution in [-0.4, -0.2) is 24.5 Å². The second kappa shape index (κ2) is 6.81. The molecule has 0 bridgehead atoms. The minimum absolute atomic E-state index is 0.153. The monoisotopic (exact) mass is 343 g/mol. The molecule has 0 aromatic carbocycles. The highest BCUT2D eigenvalue weighted by molar-refractivity contribution is 7.87. The number of aromatic nitrogens is 1. The first-order valence-corrected chi connectivity index (χ1v) is 7.34. The minimum Gasteiger partial charge on any atom is -0.444 e. The lowest BCUT2D eigenvalue weighted by atomic mass is 10.3. The number of esters is 1. The van der Waals surface area contributed by atoms with Gasteiger partial charge in [0.1, 0.15) is 5.75 Å². The number of ether oxygens (including phenoxy) is 1. The quantitative estimate of drug-likeness (QED) is 0.440. The van der Waals surface area contributed by atoms with Gasteiger partial charge in [-0.3, -0.25) is 14.2 Å². The van der Waals surface area contributed by atoms with Gasteiger partial charge < -0.3 is 8.92 Å². The van der Waals surface area contributed by atoms with Gasteiger partial charge in [0.2, 0.25) is 0 Å². The van der Waals surface area contributed by atoms with Crippen molar-refractivity contribution in [1.82, 2.24) is 4.57 Å². The van der Waals surface area contributed by atoms with Crippen molar-refractivity contribution in [1.29, 1.82) is 0 Å². The molecule has 0 aliphatic carbocycles. The molecule has 1 aromatic heterocycles. The molecule has 0 aliphatic heterocycles. The van der Waals surface area contributed by atoms with Crippen molar-refractivity contribution in [2.45, 2.75) is 32.0 Å². The molecular formula is C11H12F3NO6S. The predicted octanol–water partition coefficient (Wildman–Crippen LogP) is 1.38. The first kappa shape index (κ1) is 18.0. The van der Waals surface area contributed by atoms with Crippen LogP contribution in [0.15, 0.2) is 23.1 Å². The average Bonchev–Trinajstić information content (AvgIpc) is 2.36. The van der Waals surface area contributed by atoms with E-state index < -0.39 is 39.6 Å². The van der Waals surface area contributed by atoms with E-state index in [1.54, 1.807) is 6.92 Å². The van der Waals surface area contributed by atoms with Crippen LogP contribution in [0.1, 0.15) is 19.8 Å². The SMILES string of the molecule is CCCC(=O)OCn1ccc(OS(=O)(=O)C(F)(F)F)cc1=O. The second-order valence-corrected chi connectivity index (χ2v) is 5.59. The highest BCUT2D eigenvalue weighted by Crippen LogP contribution is 2.26. The summed E-state index contributed by atoms with van der Waals surface area (Å²) >= 11 is 0. The molecule has 0 unspecified atom stereocenters. The summed E-state index contributed by atoms with van der Waals surface area (Å²) in [7, 11) is -5.85. The zero-order valence-corrected chi connectivity index (χ0v) is 12.1. The van der Waals surface area contributed by atoms with Crippen molar-refractivity contribution in [2.24, 2.45) is 0 Å². The number of hydrogen-bond acceptors (Lipinski definition) is 6. The third-order valence-corrected chi connectivity index (χ3v) is 3.25. The number of halogens is 3. The van der Waals surface area contributed by atoms with Gasteiger partial charge >= 0.3 is 21.6 Å². The van der Waals surface area contributed by atoms with Crippen LogP contribution >= 0.6 is 0 Å². The van der Waals surface area contributed by atoms with Crippen molar-refractivity contribution in [3.8, 4) is 5.75 Å². The molecule has 0 saturated heterocycles. The van der Waals surface area contributed by atoms with Gasteiger partial charge in [-0.1, -0.05) is 6.92 Å². The van der Waals surface area contributed by atoms with E-state index in [1.807, 2.05) is 0 Å². The van der Waals surface area contributed by atoms with E-state index >= 15 is 0 Å². The van der Waals surface area contributed by atoms with Gasteiger partial charge in [-0.15, -0.1) is 0 Å². The topological polar surface area (TPSA) is 91.7 Å². The smallest absolute Gasteiger partial charge is 0.444 e. The molecule has 0 aliphatic rings. The number of hydrogen-bond donors (Lipinski definition) is 0. The molecule has 1 aromatic rings. The van der Waals surface area contributed by atoms with Crippen LogP contribution in [-0.2, 0) is 26.4 Å². The third kappa shape index (κ3) is 4.76. The third-order valence-electron chi connectivity index (χ3n) is 2.28. The molecule has 0 spiro atoms.